The van der Waals surface area contributed by atoms with Crippen molar-refractivity contribution in [1.29, 1.82) is 0 Å². The van der Waals surface area contributed by atoms with Crippen LogP contribution in [0.4, 0.5) is 8.78 Å². The van der Waals surface area contributed by atoms with Gasteiger partial charge in [-0.05, 0) is 67.1 Å². The first-order valence-electron chi connectivity index (χ1n) is 8.88. The Morgan fingerprint density at radius 3 is 2.63 bits per heavy atom. The Morgan fingerprint density at radius 2 is 1.93 bits per heavy atom. The molecule has 140 valence electrons. The van der Waals surface area contributed by atoms with Crippen LogP contribution in [0.2, 0.25) is 0 Å². The molecule has 1 aliphatic carbocycles. The molecule has 1 atom stereocenters. The van der Waals surface area contributed by atoms with Gasteiger partial charge in [0.2, 0.25) is 0 Å². The van der Waals surface area contributed by atoms with Gasteiger partial charge >= 0.3 is 5.97 Å². The first-order chi connectivity index (χ1) is 13.0. The molecule has 0 bridgehead atoms. The fourth-order valence-electron chi connectivity index (χ4n) is 4.10. The van der Waals surface area contributed by atoms with Crippen LogP contribution in [0.5, 0.6) is 5.75 Å². The molecule has 6 heteroatoms. The second-order valence-corrected chi connectivity index (χ2v) is 6.80. The van der Waals surface area contributed by atoms with Gasteiger partial charge in [-0.3, -0.25) is 0 Å². The van der Waals surface area contributed by atoms with Crippen LogP contribution in [0, 0.1) is 11.6 Å². The van der Waals surface area contributed by atoms with Gasteiger partial charge < -0.3 is 14.4 Å². The van der Waals surface area contributed by atoms with E-state index in [4.69, 9.17) is 4.74 Å². The van der Waals surface area contributed by atoms with Crippen molar-refractivity contribution in [3.05, 3.63) is 64.9 Å². The largest absolute Gasteiger partial charge is 0.494 e. The van der Waals surface area contributed by atoms with E-state index in [1.165, 1.54) is 31.4 Å². The SMILES string of the molecule is COc1ccc(C(C(=O)O)n2c3c(c4cc(F)ccc42)CCCC3)cc1F. The summed E-state index contributed by atoms with van der Waals surface area (Å²) in [6, 6.07) is 7.49. The van der Waals surface area contributed by atoms with Crippen molar-refractivity contribution in [3.63, 3.8) is 0 Å². The van der Waals surface area contributed by atoms with E-state index in [1.807, 2.05) is 0 Å². The molecule has 1 heterocycles. The summed E-state index contributed by atoms with van der Waals surface area (Å²) in [5, 5.41) is 10.7. The highest BCUT2D eigenvalue weighted by molar-refractivity contribution is 5.89. The third kappa shape index (κ3) is 2.85. The van der Waals surface area contributed by atoms with Crippen molar-refractivity contribution in [2.24, 2.45) is 0 Å². The summed E-state index contributed by atoms with van der Waals surface area (Å²) in [6.07, 6.45) is 3.42. The average molecular weight is 371 g/mol. The number of aliphatic carboxylic acids is 1. The molecule has 27 heavy (non-hydrogen) atoms. The molecule has 0 saturated carbocycles. The molecule has 2 aromatic carbocycles. The van der Waals surface area contributed by atoms with Gasteiger partial charge in [0.25, 0.3) is 0 Å². The lowest BCUT2D eigenvalue weighted by Crippen LogP contribution is -2.23. The predicted molar refractivity (Wildman–Crippen MR) is 97.3 cm³/mol. The molecule has 1 aliphatic rings. The third-order valence-corrected chi connectivity index (χ3v) is 5.26. The zero-order chi connectivity index (χ0) is 19.1. The molecule has 0 spiro atoms. The van der Waals surface area contributed by atoms with Crippen molar-refractivity contribution in [3.8, 4) is 5.75 Å². The molecule has 0 aliphatic heterocycles. The minimum atomic E-state index is -1.10. The molecule has 3 aromatic rings. The number of aromatic nitrogens is 1. The van der Waals surface area contributed by atoms with E-state index >= 15 is 0 Å². The highest BCUT2D eigenvalue weighted by atomic mass is 19.1. The van der Waals surface area contributed by atoms with E-state index < -0.39 is 17.8 Å². The van der Waals surface area contributed by atoms with Crippen LogP contribution >= 0.6 is 0 Å². The van der Waals surface area contributed by atoms with Crippen LogP contribution in [0.3, 0.4) is 0 Å². The summed E-state index contributed by atoms with van der Waals surface area (Å²) in [7, 11) is 1.36. The quantitative estimate of drug-likeness (QED) is 0.736. The third-order valence-electron chi connectivity index (χ3n) is 5.26. The van der Waals surface area contributed by atoms with Gasteiger partial charge in [0.1, 0.15) is 5.82 Å². The maximum absolute atomic E-state index is 14.2. The van der Waals surface area contributed by atoms with E-state index in [9.17, 15) is 18.7 Å². The van der Waals surface area contributed by atoms with Crippen molar-refractivity contribution < 1.29 is 23.4 Å². The Labute approximate surface area is 155 Å². The molecule has 4 rings (SSSR count). The van der Waals surface area contributed by atoms with Crippen molar-refractivity contribution >= 4 is 16.9 Å². The van der Waals surface area contributed by atoms with Crippen molar-refractivity contribution in [2.45, 2.75) is 31.7 Å². The number of carbonyl (C=O) groups is 1. The van der Waals surface area contributed by atoms with Gasteiger partial charge in [-0.25, -0.2) is 13.6 Å². The topological polar surface area (TPSA) is 51.5 Å². The number of carboxylic acid groups (broad SMARTS) is 1. The standard InChI is InChI=1S/C21H19F2NO3/c1-27-19-9-6-12(10-16(19)23)20(21(25)26)24-17-5-3-2-4-14(17)15-11-13(22)7-8-18(15)24/h6-11,20H,2-5H2,1H3,(H,25,26). The first kappa shape index (κ1) is 17.5. The lowest BCUT2D eigenvalue weighted by atomic mass is 9.95. The van der Waals surface area contributed by atoms with Crippen LogP contribution in [-0.4, -0.2) is 22.8 Å². The highest BCUT2D eigenvalue weighted by Gasteiger charge is 2.30. The van der Waals surface area contributed by atoms with E-state index in [1.54, 1.807) is 16.7 Å². The number of hydrogen-bond acceptors (Lipinski definition) is 2. The minimum absolute atomic E-state index is 0.0596. The smallest absolute Gasteiger partial charge is 0.331 e. The zero-order valence-electron chi connectivity index (χ0n) is 14.8. The Hall–Kier alpha value is -2.89. The number of ether oxygens (including phenoxy) is 1. The minimum Gasteiger partial charge on any atom is -0.494 e. The fraction of sp³-hybridized carbons (Fsp3) is 0.286. The molecular weight excluding hydrogens is 352 g/mol. The number of benzene rings is 2. The summed E-state index contributed by atoms with van der Waals surface area (Å²) < 4.78 is 34.8. The maximum atomic E-state index is 14.2. The summed E-state index contributed by atoms with van der Waals surface area (Å²) in [5.74, 6) is -1.99. The molecule has 0 saturated heterocycles. The molecule has 1 aromatic heterocycles. The number of halogens is 2. The number of nitrogens with zero attached hydrogens (tertiary/aromatic N) is 1. The van der Waals surface area contributed by atoms with Crippen molar-refractivity contribution in [1.82, 2.24) is 4.57 Å². The van der Waals surface area contributed by atoms with Gasteiger partial charge in [0.05, 0.1) is 7.11 Å². The monoisotopic (exact) mass is 371 g/mol. The van der Waals surface area contributed by atoms with E-state index in [0.717, 1.165) is 35.9 Å². The summed E-state index contributed by atoms with van der Waals surface area (Å²) in [5.41, 5.74) is 2.86. The summed E-state index contributed by atoms with van der Waals surface area (Å²) in [6.45, 7) is 0. The summed E-state index contributed by atoms with van der Waals surface area (Å²) >= 11 is 0. The number of fused-ring (bicyclic) bond motifs is 3. The normalized spacial score (nSPS) is 14.8. The van der Waals surface area contributed by atoms with Gasteiger partial charge in [-0.2, -0.15) is 0 Å². The van der Waals surface area contributed by atoms with E-state index in [-0.39, 0.29) is 11.6 Å². The Bertz CT molecular complexity index is 1040. The number of aryl methyl sites for hydroxylation is 1. The second kappa shape index (κ2) is 6.68. The molecule has 4 nitrogen and oxygen atoms in total. The molecular formula is C21H19F2NO3. The van der Waals surface area contributed by atoms with Gasteiger partial charge in [-0.1, -0.05) is 6.07 Å². The van der Waals surface area contributed by atoms with Crippen LogP contribution in [-0.2, 0) is 17.6 Å². The number of methoxy groups -OCH3 is 1. The lowest BCUT2D eigenvalue weighted by Gasteiger charge is -2.22. The molecule has 1 N–H and O–H groups in total. The predicted octanol–water partition coefficient (Wildman–Crippen LogP) is 4.48. The zero-order valence-corrected chi connectivity index (χ0v) is 14.8. The average Bonchev–Trinajstić information content (AvgIpc) is 2.96. The molecule has 0 fully saturated rings. The van der Waals surface area contributed by atoms with Crippen LogP contribution in [0.1, 0.15) is 35.7 Å². The van der Waals surface area contributed by atoms with Crippen LogP contribution in [0.15, 0.2) is 36.4 Å². The van der Waals surface area contributed by atoms with Crippen molar-refractivity contribution in [2.75, 3.05) is 7.11 Å². The number of carboxylic acids is 1. The molecule has 0 amide bonds. The van der Waals surface area contributed by atoms with Crippen LogP contribution < -0.4 is 4.74 Å². The Kier molecular flexibility index (Phi) is 4.34. The highest BCUT2D eigenvalue weighted by Crippen LogP contribution is 2.37. The van der Waals surface area contributed by atoms with Crippen LogP contribution in [0.25, 0.3) is 10.9 Å². The lowest BCUT2D eigenvalue weighted by molar-refractivity contribution is -0.139. The second-order valence-electron chi connectivity index (χ2n) is 6.80. The maximum Gasteiger partial charge on any atom is 0.331 e. The molecule has 0 radical (unpaired) electrons. The van der Waals surface area contributed by atoms with Gasteiger partial charge in [0, 0.05) is 16.6 Å². The van der Waals surface area contributed by atoms with Gasteiger partial charge in [-0.15, -0.1) is 0 Å². The number of hydrogen-bond donors (Lipinski definition) is 1. The Morgan fingerprint density at radius 1 is 1.15 bits per heavy atom. The Balaban J connectivity index is 1.98. The van der Waals surface area contributed by atoms with E-state index in [0.29, 0.717) is 17.5 Å². The first-order valence-corrected chi connectivity index (χ1v) is 8.88. The number of rotatable bonds is 4. The van der Waals surface area contributed by atoms with E-state index in [2.05, 4.69) is 0 Å². The molecule has 1 unspecified atom stereocenters. The fourth-order valence-corrected chi connectivity index (χ4v) is 4.10. The van der Waals surface area contributed by atoms with Gasteiger partial charge in [0.15, 0.2) is 17.6 Å². The summed E-state index contributed by atoms with van der Waals surface area (Å²) in [4.78, 5) is 12.2.